The van der Waals surface area contributed by atoms with E-state index in [0.717, 1.165) is 18.7 Å². The average molecular weight is 365 g/mol. The van der Waals surface area contributed by atoms with Gasteiger partial charge < -0.3 is 10.1 Å². The molecule has 0 saturated carbocycles. The quantitative estimate of drug-likeness (QED) is 0.656. The minimum atomic E-state index is -3.48. The molecule has 0 saturated heterocycles. The standard InChI is InChI=1S/C13H21BrN2O3S/c1-3-15-10-11-5-6-13(12(14)9-11)20(17,18)16-7-4-8-19-2/h5-6,9,15-16H,3-4,7-8,10H2,1-2H3. The summed E-state index contributed by atoms with van der Waals surface area (Å²) in [7, 11) is -1.89. The molecule has 1 aromatic rings. The van der Waals surface area contributed by atoms with E-state index in [0.29, 0.717) is 24.0 Å². The van der Waals surface area contributed by atoms with Crippen LogP contribution in [0.5, 0.6) is 0 Å². The van der Waals surface area contributed by atoms with E-state index >= 15 is 0 Å². The molecule has 0 bridgehead atoms. The monoisotopic (exact) mass is 364 g/mol. The molecule has 5 nitrogen and oxygen atoms in total. The van der Waals surface area contributed by atoms with Crippen LogP contribution < -0.4 is 10.0 Å². The number of hydrogen-bond donors (Lipinski definition) is 2. The van der Waals surface area contributed by atoms with Crippen molar-refractivity contribution >= 4 is 26.0 Å². The first-order chi connectivity index (χ1) is 9.51. The summed E-state index contributed by atoms with van der Waals surface area (Å²) < 4.78 is 32.3. The van der Waals surface area contributed by atoms with Crippen molar-refractivity contribution in [2.45, 2.75) is 24.8 Å². The molecule has 2 N–H and O–H groups in total. The lowest BCUT2D eigenvalue weighted by molar-refractivity contribution is 0.196. The van der Waals surface area contributed by atoms with Crippen LogP contribution in [0.15, 0.2) is 27.6 Å². The summed E-state index contributed by atoms with van der Waals surface area (Å²) in [6.45, 7) is 4.51. The van der Waals surface area contributed by atoms with Gasteiger partial charge in [0.25, 0.3) is 0 Å². The van der Waals surface area contributed by atoms with E-state index in [1.807, 2.05) is 19.1 Å². The van der Waals surface area contributed by atoms with Crippen LogP contribution in [0.1, 0.15) is 18.9 Å². The molecule has 1 rings (SSSR count). The highest BCUT2D eigenvalue weighted by atomic mass is 79.9. The van der Waals surface area contributed by atoms with E-state index in [4.69, 9.17) is 4.74 Å². The highest BCUT2D eigenvalue weighted by Gasteiger charge is 2.17. The normalized spacial score (nSPS) is 11.8. The first kappa shape index (κ1) is 17.6. The first-order valence-electron chi connectivity index (χ1n) is 6.49. The van der Waals surface area contributed by atoms with Crippen molar-refractivity contribution in [3.05, 3.63) is 28.2 Å². The Hall–Kier alpha value is -0.470. The van der Waals surface area contributed by atoms with Gasteiger partial charge in [0.15, 0.2) is 0 Å². The van der Waals surface area contributed by atoms with Crippen LogP contribution in [-0.2, 0) is 21.3 Å². The van der Waals surface area contributed by atoms with Crippen LogP contribution in [-0.4, -0.2) is 35.2 Å². The molecule has 0 spiro atoms. The molecule has 0 aliphatic carbocycles. The Kier molecular flexibility index (Phi) is 7.68. The van der Waals surface area contributed by atoms with Gasteiger partial charge in [-0.1, -0.05) is 13.0 Å². The number of halogens is 1. The van der Waals surface area contributed by atoms with E-state index in [2.05, 4.69) is 26.0 Å². The Morgan fingerprint density at radius 1 is 1.35 bits per heavy atom. The van der Waals surface area contributed by atoms with Crippen LogP contribution in [0.3, 0.4) is 0 Å². The highest BCUT2D eigenvalue weighted by molar-refractivity contribution is 9.10. The molecular formula is C13H21BrN2O3S. The van der Waals surface area contributed by atoms with Crippen LogP contribution in [0.4, 0.5) is 0 Å². The topological polar surface area (TPSA) is 67.4 Å². The van der Waals surface area contributed by atoms with Crippen molar-refractivity contribution in [2.75, 3.05) is 26.8 Å². The van der Waals surface area contributed by atoms with Crippen LogP contribution in [0.25, 0.3) is 0 Å². The van der Waals surface area contributed by atoms with Crippen molar-refractivity contribution in [1.82, 2.24) is 10.0 Å². The van der Waals surface area contributed by atoms with Crippen molar-refractivity contribution in [3.63, 3.8) is 0 Å². The molecule has 0 aliphatic rings. The minimum Gasteiger partial charge on any atom is -0.385 e. The van der Waals surface area contributed by atoms with Gasteiger partial charge in [-0.2, -0.15) is 0 Å². The fourth-order valence-corrected chi connectivity index (χ4v) is 3.84. The van der Waals surface area contributed by atoms with Crippen LogP contribution >= 0.6 is 15.9 Å². The smallest absolute Gasteiger partial charge is 0.241 e. The number of ether oxygens (including phenoxy) is 1. The van der Waals surface area contributed by atoms with E-state index in [-0.39, 0.29) is 4.90 Å². The number of rotatable bonds is 9. The Morgan fingerprint density at radius 2 is 2.10 bits per heavy atom. The van der Waals surface area contributed by atoms with E-state index < -0.39 is 10.0 Å². The second-order valence-corrected chi connectivity index (χ2v) is 6.88. The minimum absolute atomic E-state index is 0.259. The highest BCUT2D eigenvalue weighted by Crippen LogP contribution is 2.23. The van der Waals surface area contributed by atoms with Crippen molar-refractivity contribution in [3.8, 4) is 0 Å². The molecule has 0 amide bonds. The van der Waals surface area contributed by atoms with E-state index in [1.54, 1.807) is 13.2 Å². The second kappa shape index (κ2) is 8.74. The van der Waals surface area contributed by atoms with Gasteiger partial charge in [0.05, 0.1) is 4.90 Å². The SMILES string of the molecule is CCNCc1ccc(S(=O)(=O)NCCCOC)c(Br)c1. The third-order valence-electron chi connectivity index (χ3n) is 2.68. The number of methoxy groups -OCH3 is 1. The molecule has 0 heterocycles. The maximum atomic E-state index is 12.1. The molecule has 0 aliphatic heterocycles. The van der Waals surface area contributed by atoms with Gasteiger partial charge in [-0.3, -0.25) is 0 Å². The molecule has 0 unspecified atom stereocenters. The maximum absolute atomic E-state index is 12.1. The number of sulfonamides is 1. The molecule has 20 heavy (non-hydrogen) atoms. The molecule has 0 aromatic heterocycles. The average Bonchev–Trinajstić information content (AvgIpc) is 2.41. The molecule has 0 atom stereocenters. The van der Waals surface area contributed by atoms with Crippen molar-refractivity contribution in [2.24, 2.45) is 0 Å². The van der Waals surface area contributed by atoms with E-state index in [1.165, 1.54) is 0 Å². The molecule has 7 heteroatoms. The third-order valence-corrected chi connectivity index (χ3v) is 5.12. The fourth-order valence-electron chi connectivity index (χ4n) is 1.64. The zero-order chi connectivity index (χ0) is 15.0. The van der Waals surface area contributed by atoms with Gasteiger partial charge in [0.2, 0.25) is 10.0 Å². The predicted octanol–water partition coefficient (Wildman–Crippen LogP) is 1.87. The molecule has 0 fully saturated rings. The maximum Gasteiger partial charge on any atom is 0.241 e. The third kappa shape index (κ3) is 5.49. The fraction of sp³-hybridized carbons (Fsp3) is 0.538. The van der Waals surface area contributed by atoms with Gasteiger partial charge in [-0.15, -0.1) is 0 Å². The van der Waals surface area contributed by atoms with Crippen LogP contribution in [0, 0.1) is 0 Å². The van der Waals surface area contributed by atoms with Gasteiger partial charge in [0.1, 0.15) is 0 Å². The lowest BCUT2D eigenvalue weighted by Crippen LogP contribution is -2.26. The number of hydrogen-bond acceptors (Lipinski definition) is 4. The zero-order valence-corrected chi connectivity index (χ0v) is 14.2. The second-order valence-electron chi connectivity index (χ2n) is 4.29. The van der Waals surface area contributed by atoms with Crippen molar-refractivity contribution < 1.29 is 13.2 Å². The summed E-state index contributed by atoms with van der Waals surface area (Å²) >= 11 is 3.33. The summed E-state index contributed by atoms with van der Waals surface area (Å²) in [5.74, 6) is 0. The number of benzene rings is 1. The van der Waals surface area contributed by atoms with E-state index in [9.17, 15) is 8.42 Å². The van der Waals surface area contributed by atoms with Gasteiger partial charge in [-0.25, -0.2) is 13.1 Å². The summed E-state index contributed by atoms with van der Waals surface area (Å²) in [5.41, 5.74) is 1.04. The summed E-state index contributed by atoms with van der Waals surface area (Å²) in [5, 5.41) is 3.20. The zero-order valence-electron chi connectivity index (χ0n) is 11.8. The van der Waals surface area contributed by atoms with Gasteiger partial charge >= 0.3 is 0 Å². The molecule has 114 valence electrons. The Labute approximate surface area is 129 Å². The summed E-state index contributed by atoms with van der Waals surface area (Å²) in [6, 6.07) is 5.26. The lowest BCUT2D eigenvalue weighted by Gasteiger charge is -2.10. The Balaban J connectivity index is 2.74. The first-order valence-corrected chi connectivity index (χ1v) is 8.76. The van der Waals surface area contributed by atoms with Gasteiger partial charge in [0, 0.05) is 31.3 Å². The predicted molar refractivity (Wildman–Crippen MR) is 83.2 cm³/mol. The molecule has 1 aromatic carbocycles. The van der Waals surface area contributed by atoms with Crippen LogP contribution in [0.2, 0.25) is 0 Å². The van der Waals surface area contributed by atoms with Crippen molar-refractivity contribution in [1.29, 1.82) is 0 Å². The summed E-state index contributed by atoms with van der Waals surface area (Å²) in [6.07, 6.45) is 0.645. The molecule has 0 radical (unpaired) electrons. The van der Waals surface area contributed by atoms with Gasteiger partial charge in [-0.05, 0) is 46.6 Å². The largest absolute Gasteiger partial charge is 0.385 e. The lowest BCUT2D eigenvalue weighted by atomic mass is 10.2. The Bertz CT molecular complexity index is 520. The Morgan fingerprint density at radius 3 is 2.70 bits per heavy atom. The number of nitrogens with one attached hydrogen (secondary N) is 2. The summed E-state index contributed by atoms with van der Waals surface area (Å²) in [4.78, 5) is 0.259. The molecular weight excluding hydrogens is 344 g/mol.